The summed E-state index contributed by atoms with van der Waals surface area (Å²) in [6, 6.07) is 7.19. The van der Waals surface area contributed by atoms with Gasteiger partial charge in [0.1, 0.15) is 11.6 Å². The van der Waals surface area contributed by atoms with Crippen molar-refractivity contribution in [2.75, 3.05) is 29.9 Å². The number of likely N-dealkylation sites (N-methyl/N-ethyl adjacent to an activating group) is 1. The summed E-state index contributed by atoms with van der Waals surface area (Å²) in [4.78, 5) is 31.8. The number of anilines is 2. The monoisotopic (exact) mass is 362 g/mol. The maximum Gasteiger partial charge on any atom is 0.325 e. The van der Waals surface area contributed by atoms with E-state index in [9.17, 15) is 14.0 Å². The highest BCUT2D eigenvalue weighted by Crippen LogP contribution is 2.22. The Morgan fingerprint density at radius 1 is 1.32 bits per heavy atom. The first-order chi connectivity index (χ1) is 12.0. The first-order valence-electron chi connectivity index (χ1n) is 7.79. The highest BCUT2D eigenvalue weighted by atomic mass is 35.5. The van der Waals surface area contributed by atoms with Gasteiger partial charge in [-0.3, -0.25) is 9.69 Å². The lowest BCUT2D eigenvalue weighted by atomic mass is 10.2. The number of nitrogens with one attached hydrogen (secondary N) is 1. The molecule has 6 nitrogen and oxygen atoms in total. The van der Waals surface area contributed by atoms with Crippen LogP contribution in [-0.2, 0) is 0 Å². The fraction of sp³-hybridized carbons (Fsp3) is 0.235. The lowest BCUT2D eigenvalue weighted by Gasteiger charge is -2.16. The lowest BCUT2D eigenvalue weighted by Crippen LogP contribution is -2.32. The number of amides is 3. The van der Waals surface area contributed by atoms with Crippen LogP contribution in [0.1, 0.15) is 17.3 Å². The minimum atomic E-state index is -0.697. The minimum absolute atomic E-state index is 0.0319. The van der Waals surface area contributed by atoms with Crippen molar-refractivity contribution in [3.8, 4) is 0 Å². The van der Waals surface area contributed by atoms with Crippen molar-refractivity contribution < 1.29 is 14.0 Å². The summed E-state index contributed by atoms with van der Waals surface area (Å²) in [5, 5.41) is 2.58. The van der Waals surface area contributed by atoms with Gasteiger partial charge in [-0.15, -0.1) is 0 Å². The number of halogens is 2. The SMILES string of the molecule is CCN1CCN(c2ccc(NC(=O)c3c(F)cccc3Cl)cn2)C1=O. The molecule has 0 bridgehead atoms. The van der Waals surface area contributed by atoms with Gasteiger partial charge in [0, 0.05) is 19.6 Å². The van der Waals surface area contributed by atoms with E-state index in [1.807, 2.05) is 6.92 Å². The summed E-state index contributed by atoms with van der Waals surface area (Å²) in [6.45, 7) is 3.78. The van der Waals surface area contributed by atoms with Gasteiger partial charge < -0.3 is 10.2 Å². The van der Waals surface area contributed by atoms with Crippen molar-refractivity contribution in [3.63, 3.8) is 0 Å². The fourth-order valence-corrected chi connectivity index (χ4v) is 2.87. The summed E-state index contributed by atoms with van der Waals surface area (Å²) in [5.41, 5.74) is 0.161. The van der Waals surface area contributed by atoms with E-state index < -0.39 is 11.7 Å². The molecule has 1 aromatic carbocycles. The molecule has 1 N–H and O–H groups in total. The van der Waals surface area contributed by atoms with Crippen LogP contribution in [0, 0.1) is 5.82 Å². The Hall–Kier alpha value is -2.67. The second-order valence-corrected chi connectivity index (χ2v) is 5.88. The number of nitrogens with zero attached hydrogens (tertiary/aromatic N) is 3. The van der Waals surface area contributed by atoms with Gasteiger partial charge in [0.25, 0.3) is 5.91 Å². The molecule has 0 spiro atoms. The molecule has 1 aromatic heterocycles. The predicted molar refractivity (Wildman–Crippen MR) is 93.6 cm³/mol. The van der Waals surface area contributed by atoms with Crippen LogP contribution in [0.15, 0.2) is 36.5 Å². The largest absolute Gasteiger partial charge is 0.325 e. The first kappa shape index (κ1) is 17.2. The number of hydrogen-bond donors (Lipinski definition) is 1. The molecule has 2 aromatic rings. The molecule has 8 heteroatoms. The predicted octanol–water partition coefficient (Wildman–Crippen LogP) is 3.39. The van der Waals surface area contributed by atoms with Gasteiger partial charge in [-0.1, -0.05) is 17.7 Å². The molecule has 0 unspecified atom stereocenters. The Kier molecular flexibility index (Phi) is 4.85. The number of urea groups is 1. The third kappa shape index (κ3) is 3.41. The number of hydrogen-bond acceptors (Lipinski definition) is 3. The van der Waals surface area contributed by atoms with Crippen molar-refractivity contribution in [1.29, 1.82) is 0 Å². The van der Waals surface area contributed by atoms with Crippen LogP contribution in [0.2, 0.25) is 5.02 Å². The van der Waals surface area contributed by atoms with Crippen molar-refractivity contribution in [1.82, 2.24) is 9.88 Å². The molecule has 3 rings (SSSR count). The van der Waals surface area contributed by atoms with Crippen LogP contribution in [-0.4, -0.2) is 41.5 Å². The molecule has 25 heavy (non-hydrogen) atoms. The van der Waals surface area contributed by atoms with Gasteiger partial charge in [-0.25, -0.2) is 14.2 Å². The summed E-state index contributed by atoms with van der Waals surface area (Å²) in [7, 11) is 0. The normalized spacial score (nSPS) is 14.1. The van der Waals surface area contributed by atoms with Gasteiger partial charge >= 0.3 is 6.03 Å². The van der Waals surface area contributed by atoms with Crippen LogP contribution in [0.5, 0.6) is 0 Å². The molecule has 0 aliphatic carbocycles. The van der Waals surface area contributed by atoms with Gasteiger partial charge in [0.15, 0.2) is 0 Å². The van der Waals surface area contributed by atoms with Gasteiger partial charge in [-0.05, 0) is 31.2 Å². The number of benzene rings is 1. The van der Waals surface area contributed by atoms with Crippen LogP contribution in [0.4, 0.5) is 20.7 Å². The van der Waals surface area contributed by atoms with Crippen molar-refractivity contribution in [2.24, 2.45) is 0 Å². The number of carbonyl (C=O) groups excluding carboxylic acids is 2. The summed E-state index contributed by atoms with van der Waals surface area (Å²) < 4.78 is 13.8. The molecule has 0 radical (unpaired) electrons. The average Bonchev–Trinajstić information content (AvgIpc) is 2.96. The lowest BCUT2D eigenvalue weighted by molar-refractivity contribution is 0.102. The Morgan fingerprint density at radius 2 is 2.12 bits per heavy atom. The zero-order valence-electron chi connectivity index (χ0n) is 13.5. The molecule has 130 valence electrons. The standard InChI is InChI=1S/C17H16ClFN4O2/c1-2-22-8-9-23(17(22)25)14-7-6-11(10-20-14)21-16(24)15-12(18)4-3-5-13(15)19/h3-7,10H,2,8-9H2,1H3,(H,21,24). The maximum absolute atomic E-state index is 13.8. The molecular formula is C17H16ClFN4O2. The topological polar surface area (TPSA) is 65.5 Å². The van der Waals surface area contributed by atoms with Crippen molar-refractivity contribution >= 4 is 35.0 Å². The highest BCUT2D eigenvalue weighted by Gasteiger charge is 2.29. The molecule has 1 fully saturated rings. The molecule has 0 atom stereocenters. The number of rotatable bonds is 4. The number of aromatic nitrogens is 1. The second kappa shape index (κ2) is 7.06. The first-order valence-corrected chi connectivity index (χ1v) is 8.17. The molecular weight excluding hydrogens is 347 g/mol. The van der Waals surface area contributed by atoms with E-state index in [-0.39, 0.29) is 16.6 Å². The van der Waals surface area contributed by atoms with Gasteiger partial charge in [0.2, 0.25) is 0 Å². The summed E-state index contributed by atoms with van der Waals surface area (Å²) in [5.74, 6) is -0.855. The van der Waals surface area contributed by atoms with Crippen LogP contribution < -0.4 is 10.2 Å². The van der Waals surface area contributed by atoms with E-state index in [4.69, 9.17) is 11.6 Å². The van der Waals surface area contributed by atoms with Crippen LogP contribution in [0.3, 0.4) is 0 Å². The molecule has 0 saturated carbocycles. The molecule has 2 heterocycles. The Bertz CT molecular complexity index is 793. The van der Waals surface area contributed by atoms with Gasteiger partial charge in [0.05, 0.1) is 22.5 Å². The minimum Gasteiger partial charge on any atom is -0.323 e. The molecule has 1 aliphatic heterocycles. The van der Waals surface area contributed by atoms with Crippen LogP contribution >= 0.6 is 11.6 Å². The zero-order valence-corrected chi connectivity index (χ0v) is 14.3. The molecule has 1 saturated heterocycles. The van der Waals surface area contributed by atoms with E-state index >= 15 is 0 Å². The third-order valence-electron chi connectivity index (χ3n) is 3.95. The Balaban J connectivity index is 1.73. The smallest absolute Gasteiger partial charge is 0.323 e. The molecule has 3 amide bonds. The quantitative estimate of drug-likeness (QED) is 0.906. The van der Waals surface area contributed by atoms with E-state index in [2.05, 4.69) is 10.3 Å². The maximum atomic E-state index is 13.8. The van der Waals surface area contributed by atoms with Crippen molar-refractivity contribution in [2.45, 2.75) is 6.92 Å². The number of carbonyl (C=O) groups is 2. The van der Waals surface area contributed by atoms with Gasteiger partial charge in [-0.2, -0.15) is 0 Å². The summed E-state index contributed by atoms with van der Waals surface area (Å²) >= 11 is 5.88. The second-order valence-electron chi connectivity index (χ2n) is 5.47. The fourth-order valence-electron chi connectivity index (χ4n) is 2.62. The summed E-state index contributed by atoms with van der Waals surface area (Å²) in [6.07, 6.45) is 1.42. The third-order valence-corrected chi connectivity index (χ3v) is 4.26. The van der Waals surface area contributed by atoms with E-state index in [0.717, 1.165) is 0 Å². The van der Waals surface area contributed by atoms with E-state index in [1.54, 1.807) is 21.9 Å². The molecule has 1 aliphatic rings. The number of pyridine rings is 1. The Labute approximate surface area is 149 Å². The highest BCUT2D eigenvalue weighted by molar-refractivity contribution is 6.34. The Morgan fingerprint density at radius 3 is 2.72 bits per heavy atom. The average molecular weight is 363 g/mol. The zero-order chi connectivity index (χ0) is 18.0. The van der Waals surface area contributed by atoms with E-state index in [1.165, 1.54) is 24.4 Å². The van der Waals surface area contributed by atoms with Crippen LogP contribution in [0.25, 0.3) is 0 Å². The van der Waals surface area contributed by atoms with Crippen molar-refractivity contribution in [3.05, 3.63) is 52.9 Å². The van der Waals surface area contributed by atoms with E-state index in [0.29, 0.717) is 31.1 Å².